The molecule has 1 fully saturated rings. The van der Waals surface area contributed by atoms with Gasteiger partial charge in [0.05, 0.1) is 17.0 Å². The molecule has 1 aromatic rings. The molecule has 1 aliphatic rings. The van der Waals surface area contributed by atoms with Crippen LogP contribution in [-0.2, 0) is 10.0 Å². The molecule has 2 N–H and O–H groups in total. The molecule has 112 valence electrons. The van der Waals surface area contributed by atoms with E-state index in [1.807, 2.05) is 6.92 Å². The third-order valence-electron chi connectivity index (χ3n) is 4.22. The van der Waals surface area contributed by atoms with E-state index in [0.29, 0.717) is 18.8 Å². The number of sulfonamides is 1. The molecule has 0 heterocycles. The Balaban J connectivity index is 2.20. The highest BCUT2D eigenvalue weighted by Crippen LogP contribution is 2.32. The Bertz CT molecular complexity index is 543. The Morgan fingerprint density at radius 3 is 2.30 bits per heavy atom. The zero-order valence-electron chi connectivity index (χ0n) is 12.1. The van der Waals surface area contributed by atoms with Crippen molar-refractivity contribution in [3.05, 3.63) is 29.8 Å². The summed E-state index contributed by atoms with van der Waals surface area (Å²) in [6.45, 7) is 3.93. The first-order chi connectivity index (χ1) is 9.37. The summed E-state index contributed by atoms with van der Waals surface area (Å²) in [6, 6.07) is 6.77. The summed E-state index contributed by atoms with van der Waals surface area (Å²) in [4.78, 5) is 0.259. The number of benzene rings is 1. The van der Waals surface area contributed by atoms with Gasteiger partial charge in [-0.1, -0.05) is 24.6 Å². The molecule has 0 aromatic heterocycles. The van der Waals surface area contributed by atoms with Gasteiger partial charge in [0.15, 0.2) is 0 Å². The molecule has 0 amide bonds. The van der Waals surface area contributed by atoms with Gasteiger partial charge in [-0.3, -0.25) is 0 Å². The molecule has 0 unspecified atom stereocenters. The van der Waals surface area contributed by atoms with E-state index in [1.54, 1.807) is 24.3 Å². The molecular formula is C15H23NO3S. The molecule has 0 atom stereocenters. The first kappa shape index (κ1) is 15.5. The van der Waals surface area contributed by atoms with Crippen LogP contribution in [-0.4, -0.2) is 25.7 Å². The molecule has 1 saturated carbocycles. The number of aliphatic hydroxyl groups excluding tert-OH is 1. The molecule has 0 aliphatic heterocycles. The molecule has 0 bridgehead atoms. The Kier molecular flexibility index (Phi) is 4.52. The van der Waals surface area contributed by atoms with Gasteiger partial charge in [0, 0.05) is 0 Å². The molecule has 4 nitrogen and oxygen atoms in total. The average Bonchev–Trinajstić information content (AvgIpc) is 2.42. The summed E-state index contributed by atoms with van der Waals surface area (Å²) in [5, 5.41) is 9.66. The van der Waals surface area contributed by atoms with Crippen molar-refractivity contribution < 1.29 is 13.5 Å². The molecular weight excluding hydrogens is 274 g/mol. The third kappa shape index (κ3) is 3.40. The van der Waals surface area contributed by atoms with E-state index >= 15 is 0 Å². The highest BCUT2D eigenvalue weighted by Gasteiger charge is 2.37. The summed E-state index contributed by atoms with van der Waals surface area (Å²) >= 11 is 0. The Morgan fingerprint density at radius 1 is 1.25 bits per heavy atom. The van der Waals surface area contributed by atoms with Crippen LogP contribution in [0.5, 0.6) is 0 Å². The van der Waals surface area contributed by atoms with Gasteiger partial charge in [-0.2, -0.15) is 0 Å². The van der Waals surface area contributed by atoms with Crippen molar-refractivity contribution in [3.63, 3.8) is 0 Å². The second-order valence-electron chi connectivity index (χ2n) is 6.04. The fraction of sp³-hybridized carbons (Fsp3) is 0.600. The van der Waals surface area contributed by atoms with Gasteiger partial charge >= 0.3 is 0 Å². The number of hydrogen-bond acceptors (Lipinski definition) is 3. The maximum Gasteiger partial charge on any atom is 0.241 e. The summed E-state index contributed by atoms with van der Waals surface area (Å²) in [6.07, 6.45) is 3.26. The fourth-order valence-corrected chi connectivity index (χ4v) is 4.12. The van der Waals surface area contributed by atoms with Gasteiger partial charge in [0.1, 0.15) is 0 Å². The molecule has 0 radical (unpaired) electrons. The zero-order valence-corrected chi connectivity index (χ0v) is 12.9. The van der Waals surface area contributed by atoms with Gasteiger partial charge in [-0.15, -0.1) is 0 Å². The first-order valence-electron chi connectivity index (χ1n) is 7.08. The van der Waals surface area contributed by atoms with Crippen LogP contribution >= 0.6 is 0 Å². The minimum absolute atomic E-state index is 0.148. The standard InChI is InChI=1S/C15H23NO3S/c1-12-3-5-14(6-4-12)20(18,19)16-15(11-17)9-7-13(2)8-10-15/h3-6,13,16-17H,7-11H2,1-2H3. The third-order valence-corrected chi connectivity index (χ3v) is 5.81. The monoisotopic (exact) mass is 297 g/mol. The Morgan fingerprint density at radius 2 is 1.80 bits per heavy atom. The van der Waals surface area contributed by atoms with E-state index in [2.05, 4.69) is 11.6 Å². The van der Waals surface area contributed by atoms with Gasteiger partial charge in [0.25, 0.3) is 0 Å². The maximum absolute atomic E-state index is 12.4. The van der Waals surface area contributed by atoms with E-state index in [1.165, 1.54) is 0 Å². The second kappa shape index (κ2) is 5.84. The van der Waals surface area contributed by atoms with Crippen LogP contribution in [0.2, 0.25) is 0 Å². The lowest BCUT2D eigenvalue weighted by molar-refractivity contribution is 0.125. The first-order valence-corrected chi connectivity index (χ1v) is 8.57. The SMILES string of the molecule is Cc1ccc(S(=O)(=O)NC2(CO)CCC(C)CC2)cc1. The Labute approximate surface area is 121 Å². The van der Waals surface area contributed by atoms with Crippen molar-refractivity contribution in [2.75, 3.05) is 6.61 Å². The normalized spacial score (nSPS) is 27.4. The van der Waals surface area contributed by atoms with Crippen molar-refractivity contribution in [1.29, 1.82) is 0 Å². The second-order valence-corrected chi connectivity index (χ2v) is 7.72. The van der Waals surface area contributed by atoms with Crippen molar-refractivity contribution in [1.82, 2.24) is 4.72 Å². The van der Waals surface area contributed by atoms with Crippen LogP contribution in [0.15, 0.2) is 29.2 Å². The minimum atomic E-state index is -3.57. The van der Waals surface area contributed by atoms with Crippen molar-refractivity contribution in [3.8, 4) is 0 Å². The number of aryl methyl sites for hydroxylation is 1. The predicted molar refractivity (Wildman–Crippen MR) is 78.9 cm³/mol. The van der Waals surface area contributed by atoms with Crippen LogP contribution in [0, 0.1) is 12.8 Å². The van der Waals surface area contributed by atoms with E-state index < -0.39 is 15.6 Å². The number of nitrogens with one attached hydrogen (secondary N) is 1. The van der Waals surface area contributed by atoms with Crippen LogP contribution < -0.4 is 4.72 Å². The summed E-state index contributed by atoms with van der Waals surface area (Å²) < 4.78 is 27.6. The van der Waals surface area contributed by atoms with Crippen LogP contribution in [0.4, 0.5) is 0 Å². The van der Waals surface area contributed by atoms with Gasteiger partial charge < -0.3 is 5.11 Å². The molecule has 0 spiro atoms. The molecule has 1 aromatic carbocycles. The van der Waals surface area contributed by atoms with E-state index in [9.17, 15) is 13.5 Å². The van der Waals surface area contributed by atoms with E-state index in [0.717, 1.165) is 18.4 Å². The van der Waals surface area contributed by atoms with Crippen molar-refractivity contribution in [2.24, 2.45) is 5.92 Å². The summed E-state index contributed by atoms with van der Waals surface area (Å²) in [5.74, 6) is 0.596. The highest BCUT2D eigenvalue weighted by atomic mass is 32.2. The smallest absolute Gasteiger partial charge is 0.241 e. The number of rotatable bonds is 4. The molecule has 1 aliphatic carbocycles. The molecule has 20 heavy (non-hydrogen) atoms. The molecule has 2 rings (SSSR count). The number of aliphatic hydroxyl groups is 1. The highest BCUT2D eigenvalue weighted by molar-refractivity contribution is 7.89. The summed E-state index contributed by atoms with van der Waals surface area (Å²) in [7, 11) is -3.57. The van der Waals surface area contributed by atoms with E-state index in [4.69, 9.17) is 0 Å². The number of hydrogen-bond donors (Lipinski definition) is 2. The molecule has 5 heteroatoms. The Hall–Kier alpha value is -0.910. The molecule has 0 saturated heterocycles. The lowest BCUT2D eigenvalue weighted by Gasteiger charge is -2.38. The van der Waals surface area contributed by atoms with Gasteiger partial charge in [-0.25, -0.2) is 13.1 Å². The van der Waals surface area contributed by atoms with Crippen LogP contribution in [0.3, 0.4) is 0 Å². The van der Waals surface area contributed by atoms with Crippen molar-refractivity contribution >= 4 is 10.0 Å². The van der Waals surface area contributed by atoms with Gasteiger partial charge in [0.2, 0.25) is 10.0 Å². The zero-order chi connectivity index (χ0) is 14.8. The maximum atomic E-state index is 12.4. The fourth-order valence-electron chi connectivity index (χ4n) is 2.67. The van der Waals surface area contributed by atoms with Crippen LogP contribution in [0.25, 0.3) is 0 Å². The van der Waals surface area contributed by atoms with Crippen molar-refractivity contribution in [2.45, 2.75) is 50.0 Å². The average molecular weight is 297 g/mol. The topological polar surface area (TPSA) is 66.4 Å². The largest absolute Gasteiger partial charge is 0.394 e. The quantitative estimate of drug-likeness (QED) is 0.895. The van der Waals surface area contributed by atoms with Crippen LogP contribution in [0.1, 0.15) is 38.2 Å². The lowest BCUT2D eigenvalue weighted by Crippen LogP contribution is -2.53. The van der Waals surface area contributed by atoms with Gasteiger partial charge in [-0.05, 0) is 50.7 Å². The lowest BCUT2D eigenvalue weighted by atomic mass is 9.78. The predicted octanol–water partition coefficient (Wildman–Crippen LogP) is 2.21. The minimum Gasteiger partial charge on any atom is -0.394 e. The van der Waals surface area contributed by atoms with E-state index in [-0.39, 0.29) is 11.5 Å². The summed E-state index contributed by atoms with van der Waals surface area (Å²) in [5.41, 5.74) is 0.322.